The summed E-state index contributed by atoms with van der Waals surface area (Å²) < 4.78 is 146. The number of carboxylic acids is 2. The standard InChI is InChI=1S/C37H56O34S4/c1-15-20(63-72-69-66-43)21(58-36-29(51-4)23(49-2)19(38)24(60-36)32(39)40)18(14-55-75(46,47)48)56-34(15)61-26-25(50-3)30(52-5)37(62-28(26)33(41)42)59-22-17(13-54-12-16-10-8-7-9-11-16)57-35(53-6)31(65-74-71-68-45)27(22)64-73-70-67-44/h7-11,15,17-31,34-38,43-45H,12-14H2,1-6H3,(H,39,40)(H,41,42)(H,46,47,48)/p-6/t15?,17?,18-,19-,20?,21-,22+,23+,24?,25?,26+,27+,28-,29?,30?,31?,34-,35-,36-,37+/m1/s1. The highest BCUT2D eigenvalue weighted by Gasteiger charge is 2.58. The Morgan fingerprint density at radius 1 is 0.573 bits per heavy atom. The summed E-state index contributed by atoms with van der Waals surface area (Å²) in [5.41, 5.74) is 0.729. The number of ether oxygens (including phenoxy) is 13. The normalized spacial score (nSPS) is 36.6. The van der Waals surface area contributed by atoms with Gasteiger partial charge in [0.15, 0.2) is 68.2 Å². The van der Waals surface area contributed by atoms with Gasteiger partial charge in [0.25, 0.3) is 0 Å². The fourth-order valence-corrected chi connectivity index (χ4v) is 9.78. The summed E-state index contributed by atoms with van der Waals surface area (Å²) in [6.45, 7) is -0.228. The van der Waals surface area contributed by atoms with Crippen LogP contribution in [0.5, 0.6) is 0 Å². The topological polar surface area (TPSA) is 439 Å². The molecule has 4 aliphatic heterocycles. The van der Waals surface area contributed by atoms with Gasteiger partial charge in [0, 0.05) is 41.5 Å². The van der Waals surface area contributed by atoms with E-state index in [4.69, 9.17) is 74.1 Å². The van der Waals surface area contributed by atoms with Gasteiger partial charge in [0.2, 0.25) is 10.4 Å². The molecular weight excluding hydrogens is 1120 g/mol. The molecule has 0 aromatic heterocycles. The van der Waals surface area contributed by atoms with E-state index in [1.807, 2.05) is 0 Å². The zero-order chi connectivity index (χ0) is 54.8. The van der Waals surface area contributed by atoms with E-state index in [1.54, 1.807) is 30.3 Å². The molecular formula is C37H50O34S4-6. The summed E-state index contributed by atoms with van der Waals surface area (Å²) in [6, 6.07) is 8.84. The predicted octanol–water partition coefficient (Wildman–Crippen LogP) is -6.55. The lowest BCUT2D eigenvalue weighted by atomic mass is 9.91. The maximum absolute atomic E-state index is 13.2. The molecule has 5 rings (SSSR count). The fourth-order valence-electron chi connectivity index (χ4n) is 8.34. The van der Waals surface area contributed by atoms with Crippen LogP contribution in [-0.4, -0.2) is 195 Å². The first kappa shape index (κ1) is 63.9. The van der Waals surface area contributed by atoms with E-state index >= 15 is 0 Å². The summed E-state index contributed by atoms with van der Waals surface area (Å²) in [5, 5.41) is 78.4. The van der Waals surface area contributed by atoms with Crippen molar-refractivity contribution >= 4 is 59.3 Å². The van der Waals surface area contributed by atoms with Crippen LogP contribution in [0.25, 0.3) is 0 Å². The Balaban J connectivity index is 1.50. The van der Waals surface area contributed by atoms with Gasteiger partial charge in [0.1, 0.15) is 85.5 Å². The quantitative estimate of drug-likeness (QED) is 0.0175. The monoisotopic (exact) mass is 1170 g/mol. The zero-order valence-corrected chi connectivity index (χ0v) is 42.9. The number of rotatable bonds is 32. The Hall–Kier alpha value is -1.96. The van der Waals surface area contributed by atoms with Gasteiger partial charge in [-0.25, -0.2) is 8.42 Å². The first-order chi connectivity index (χ1) is 36.0. The molecule has 432 valence electrons. The third-order valence-electron chi connectivity index (χ3n) is 11.6. The molecule has 20 atom stereocenters. The van der Waals surface area contributed by atoms with E-state index in [0.29, 0.717) is 0 Å². The molecule has 4 aliphatic rings. The van der Waals surface area contributed by atoms with Gasteiger partial charge in [-0.3, -0.25) is 31.8 Å². The van der Waals surface area contributed by atoms with Crippen molar-refractivity contribution in [3.63, 3.8) is 0 Å². The lowest BCUT2D eigenvalue weighted by Crippen LogP contribution is -2.69. The van der Waals surface area contributed by atoms with Crippen LogP contribution in [0.2, 0.25) is 0 Å². The summed E-state index contributed by atoms with van der Waals surface area (Å²) in [5.74, 6) is -5.23. The van der Waals surface area contributed by atoms with E-state index in [1.165, 1.54) is 14.0 Å². The average molecular weight is 1170 g/mol. The number of carboxylic acid groups (broad SMARTS) is 2. The van der Waals surface area contributed by atoms with Gasteiger partial charge in [-0.1, -0.05) is 37.3 Å². The Bertz CT molecular complexity index is 1940. The predicted molar refractivity (Wildman–Crippen MR) is 220 cm³/mol. The van der Waals surface area contributed by atoms with Crippen molar-refractivity contribution < 1.29 is 160 Å². The number of aliphatic hydroxyl groups excluding tert-OH is 1. The van der Waals surface area contributed by atoms with Crippen LogP contribution >= 0.6 is 37.0 Å². The number of aliphatic hydroxyl groups is 1. The molecule has 4 fully saturated rings. The Morgan fingerprint density at radius 3 is 1.57 bits per heavy atom. The Labute approximate surface area is 438 Å². The van der Waals surface area contributed by atoms with Crippen molar-refractivity contribution in [2.24, 2.45) is 5.92 Å². The second-order valence-corrected chi connectivity index (χ2v) is 18.2. The van der Waals surface area contributed by atoms with Crippen LogP contribution in [0.3, 0.4) is 0 Å². The van der Waals surface area contributed by atoms with Crippen LogP contribution in [0, 0.1) is 5.92 Å². The van der Waals surface area contributed by atoms with Crippen molar-refractivity contribution in [3.05, 3.63) is 35.9 Å². The van der Waals surface area contributed by atoms with Crippen LogP contribution in [-0.2, 0) is 133 Å². The van der Waals surface area contributed by atoms with Crippen molar-refractivity contribution in [1.29, 1.82) is 0 Å². The van der Waals surface area contributed by atoms with E-state index in [-0.39, 0.29) is 50.2 Å². The van der Waals surface area contributed by atoms with Crippen LogP contribution in [0.4, 0.5) is 0 Å². The second-order valence-electron chi connectivity index (χ2n) is 15.8. The number of hydrogen-bond acceptors (Lipinski definition) is 37. The van der Waals surface area contributed by atoms with Crippen molar-refractivity contribution in [2.45, 2.75) is 130 Å². The Kier molecular flexibility index (Phi) is 27.0. The molecule has 34 nitrogen and oxygen atoms in total. The molecule has 0 aliphatic carbocycles. The summed E-state index contributed by atoms with van der Waals surface area (Å²) in [7, 11) is 0.0933. The number of methoxy groups -OCH3 is 5. The molecule has 1 aromatic rings. The highest BCUT2D eigenvalue weighted by molar-refractivity contribution is 7.90. The molecule has 0 bridgehead atoms. The van der Waals surface area contributed by atoms with Gasteiger partial charge in [-0.05, 0) is 5.56 Å². The van der Waals surface area contributed by atoms with E-state index < -0.39 is 152 Å². The molecule has 38 heteroatoms. The highest BCUT2D eigenvalue weighted by Crippen LogP contribution is 2.41. The third kappa shape index (κ3) is 17.3. The molecule has 4 heterocycles. The molecule has 0 amide bonds. The number of aliphatic carboxylic acids is 2. The van der Waals surface area contributed by atoms with Gasteiger partial charge < -0.3 is 107 Å². The smallest absolute Gasteiger partial charge is 0.217 e. The zero-order valence-electron chi connectivity index (χ0n) is 39.6. The minimum Gasteiger partial charge on any atom is -0.726 e. The van der Waals surface area contributed by atoms with E-state index in [2.05, 4.69) is 32.3 Å². The lowest BCUT2D eigenvalue weighted by molar-refractivity contribution is -0.778. The first-order valence-corrected chi connectivity index (χ1v) is 24.7. The average Bonchev–Trinajstić information content (AvgIpc) is 3.38. The number of carbonyl (C=O) groups excluding carboxylic acids is 2. The van der Waals surface area contributed by atoms with E-state index in [0.717, 1.165) is 34.0 Å². The van der Waals surface area contributed by atoms with Crippen LogP contribution in [0.15, 0.2) is 30.3 Å². The fraction of sp³-hybridized carbons (Fsp3) is 0.784. The Morgan fingerprint density at radius 2 is 1.05 bits per heavy atom. The number of carbonyl (C=O) groups is 2. The van der Waals surface area contributed by atoms with Gasteiger partial charge in [-0.2, -0.15) is 0 Å². The SMILES string of the molecule is COC1C(OC)[C@H](O[C@H]2O[C@H](COS(=O)(=O)[O-])[C@@H](O[C@@H]3OC(C(=O)[O-])[C@H](O)[C@H](OC)C3OC)C(OSOO[O-])C2C)[C@H](C(=O)[O-])O[C@@H]1O[C@H]1C(COCc2ccccc2)O[C@@H](OC)C(OSOO[O-])[C@H]1OSOO[O-]. The molecule has 1 aromatic carbocycles. The molecule has 75 heavy (non-hydrogen) atoms. The molecule has 1 N–H and O–H groups in total. The third-order valence-corrected chi connectivity index (χ3v) is 13.3. The maximum Gasteiger partial charge on any atom is 0.217 e. The minimum absolute atomic E-state index is 0.00460. The summed E-state index contributed by atoms with van der Waals surface area (Å²) in [4.78, 5) is 25.2. The molecule has 0 radical (unpaired) electrons. The minimum atomic E-state index is -5.55. The van der Waals surface area contributed by atoms with Crippen molar-refractivity contribution in [1.82, 2.24) is 0 Å². The highest BCUT2D eigenvalue weighted by atomic mass is 32.3. The van der Waals surface area contributed by atoms with Crippen molar-refractivity contribution in [3.8, 4) is 0 Å². The molecule has 0 spiro atoms. The second kappa shape index (κ2) is 31.7. The lowest BCUT2D eigenvalue weighted by Gasteiger charge is -2.51. The summed E-state index contributed by atoms with van der Waals surface area (Å²) in [6.07, 6.45) is -32.6. The first-order valence-electron chi connectivity index (χ1n) is 21.4. The van der Waals surface area contributed by atoms with Crippen LogP contribution in [0.1, 0.15) is 12.5 Å². The largest absolute Gasteiger partial charge is 0.726 e. The van der Waals surface area contributed by atoms with E-state index in [9.17, 15) is 53.7 Å². The van der Waals surface area contributed by atoms with Crippen LogP contribution < -0.4 is 26.0 Å². The summed E-state index contributed by atoms with van der Waals surface area (Å²) >= 11 is -0.144. The van der Waals surface area contributed by atoms with Gasteiger partial charge >= 0.3 is 0 Å². The number of hydrogen-bond donors (Lipinski definition) is 1. The molecule has 8 unspecified atom stereocenters. The molecule has 4 saturated heterocycles. The van der Waals surface area contributed by atoms with Gasteiger partial charge in [-0.15, -0.1) is 13.0 Å². The van der Waals surface area contributed by atoms with Gasteiger partial charge in [0.05, 0.1) is 31.8 Å². The maximum atomic E-state index is 13.2. The van der Waals surface area contributed by atoms with Crippen molar-refractivity contribution in [2.75, 3.05) is 48.8 Å². The molecule has 0 saturated carbocycles. The number of benzene rings is 1.